The lowest BCUT2D eigenvalue weighted by atomic mass is 10.00. The van der Waals surface area contributed by atoms with Crippen molar-refractivity contribution >= 4 is 11.7 Å². The smallest absolute Gasteiger partial charge is 0.322 e. The minimum absolute atomic E-state index is 0.241. The number of amides is 2. The van der Waals surface area contributed by atoms with Crippen molar-refractivity contribution in [2.75, 3.05) is 19.5 Å². The number of benzene rings is 3. The molecule has 5 aromatic rings. The first-order valence-electron chi connectivity index (χ1n) is 13.2. The molecule has 0 unspecified atom stereocenters. The second kappa shape index (κ2) is 10.3. The molecule has 202 valence electrons. The number of fused-ring (bicyclic) bond motifs is 3. The predicted molar refractivity (Wildman–Crippen MR) is 155 cm³/mol. The second-order valence-corrected chi connectivity index (χ2v) is 9.91. The SMILES string of the molecule is COc1cc(NC(=O)N2Cc3c(C)nn(-c4ccccc4)c3-n3cccc3[C@@H]2c2cccc(C)c2)cc(OC)c1. The average molecular weight is 534 g/mol. The number of anilines is 1. The van der Waals surface area contributed by atoms with Crippen molar-refractivity contribution in [3.8, 4) is 23.0 Å². The first-order chi connectivity index (χ1) is 19.5. The zero-order valence-electron chi connectivity index (χ0n) is 23.0. The van der Waals surface area contributed by atoms with Crippen molar-refractivity contribution in [1.29, 1.82) is 0 Å². The summed E-state index contributed by atoms with van der Waals surface area (Å²) in [6.45, 7) is 4.43. The van der Waals surface area contributed by atoms with Gasteiger partial charge in [0.05, 0.1) is 43.9 Å². The van der Waals surface area contributed by atoms with Crippen LogP contribution >= 0.6 is 0 Å². The number of methoxy groups -OCH3 is 2. The summed E-state index contributed by atoms with van der Waals surface area (Å²) in [6, 6.07) is 27.3. The lowest BCUT2D eigenvalue weighted by molar-refractivity contribution is 0.194. The molecule has 0 radical (unpaired) electrons. The van der Waals surface area contributed by atoms with E-state index < -0.39 is 0 Å². The number of aromatic nitrogens is 3. The highest BCUT2D eigenvalue weighted by atomic mass is 16.5. The van der Waals surface area contributed by atoms with E-state index in [0.29, 0.717) is 23.7 Å². The Labute approximate surface area is 233 Å². The van der Waals surface area contributed by atoms with E-state index in [9.17, 15) is 4.79 Å². The molecule has 0 bridgehead atoms. The normalized spacial score (nSPS) is 14.2. The number of nitrogens with zero attached hydrogens (tertiary/aromatic N) is 4. The number of rotatable bonds is 5. The maximum absolute atomic E-state index is 14.2. The zero-order valence-corrected chi connectivity index (χ0v) is 23.0. The number of para-hydroxylation sites is 1. The predicted octanol–water partition coefficient (Wildman–Crippen LogP) is 6.43. The van der Waals surface area contributed by atoms with E-state index in [-0.39, 0.29) is 12.1 Å². The van der Waals surface area contributed by atoms with Crippen LogP contribution in [0.25, 0.3) is 11.5 Å². The van der Waals surface area contributed by atoms with E-state index in [2.05, 4.69) is 41.1 Å². The van der Waals surface area contributed by atoms with Gasteiger partial charge < -0.3 is 24.3 Å². The van der Waals surface area contributed by atoms with Gasteiger partial charge in [0.15, 0.2) is 0 Å². The molecule has 3 aromatic carbocycles. The number of ether oxygens (including phenoxy) is 2. The first kappa shape index (κ1) is 25.3. The van der Waals surface area contributed by atoms with Crippen molar-refractivity contribution in [1.82, 2.24) is 19.2 Å². The van der Waals surface area contributed by atoms with Crippen molar-refractivity contribution in [3.63, 3.8) is 0 Å². The molecule has 8 heteroatoms. The Bertz CT molecular complexity index is 1670. The minimum Gasteiger partial charge on any atom is -0.497 e. The van der Waals surface area contributed by atoms with Gasteiger partial charge in [0.1, 0.15) is 17.3 Å². The Morgan fingerprint density at radius 1 is 0.900 bits per heavy atom. The maximum Gasteiger partial charge on any atom is 0.322 e. The molecule has 0 saturated carbocycles. The fourth-order valence-electron chi connectivity index (χ4n) is 5.42. The van der Waals surface area contributed by atoms with Crippen LogP contribution in [0.1, 0.15) is 34.1 Å². The quantitative estimate of drug-likeness (QED) is 0.282. The molecule has 1 aliphatic rings. The fraction of sp³-hybridized carbons (Fsp3) is 0.188. The maximum atomic E-state index is 14.2. The number of hydrogen-bond acceptors (Lipinski definition) is 4. The van der Waals surface area contributed by atoms with Crippen LogP contribution in [0.15, 0.2) is 91.1 Å². The number of urea groups is 1. The first-order valence-corrected chi connectivity index (χ1v) is 13.2. The van der Waals surface area contributed by atoms with Crippen LogP contribution in [-0.4, -0.2) is 39.5 Å². The van der Waals surface area contributed by atoms with Gasteiger partial charge in [-0.2, -0.15) is 5.10 Å². The van der Waals surface area contributed by atoms with Gasteiger partial charge in [-0.3, -0.25) is 0 Å². The molecular weight excluding hydrogens is 502 g/mol. The summed E-state index contributed by atoms with van der Waals surface area (Å²) >= 11 is 0. The van der Waals surface area contributed by atoms with Gasteiger partial charge >= 0.3 is 6.03 Å². The number of aryl methyl sites for hydroxylation is 2. The lowest BCUT2D eigenvalue weighted by Crippen LogP contribution is -2.38. The topological polar surface area (TPSA) is 73.5 Å². The van der Waals surface area contributed by atoms with Gasteiger partial charge in [0, 0.05) is 35.6 Å². The van der Waals surface area contributed by atoms with Crippen LogP contribution in [0.4, 0.5) is 10.5 Å². The standard InChI is InChI=1S/C32H31N5O3/c1-21-10-8-11-23(16-21)30-29-14-9-15-35(29)31-28(22(2)34-37(31)25-12-6-5-7-13-25)20-36(30)32(38)33-24-17-26(39-3)19-27(18-24)40-4/h5-19,30H,20H2,1-4H3,(H,33,38)/t30-/m0/s1. The summed E-state index contributed by atoms with van der Waals surface area (Å²) in [5.41, 5.74) is 6.52. The third kappa shape index (κ3) is 4.47. The Morgan fingerprint density at radius 2 is 1.65 bits per heavy atom. The van der Waals surface area contributed by atoms with Crippen LogP contribution in [0, 0.1) is 13.8 Å². The van der Waals surface area contributed by atoms with E-state index in [1.807, 2.05) is 65.2 Å². The number of hydrogen-bond donors (Lipinski definition) is 1. The number of carbonyl (C=O) groups is 1. The molecule has 2 aromatic heterocycles. The molecular formula is C32H31N5O3. The molecule has 0 fully saturated rings. The molecule has 1 aliphatic heterocycles. The molecule has 0 spiro atoms. The van der Waals surface area contributed by atoms with Gasteiger partial charge in [-0.25, -0.2) is 9.48 Å². The van der Waals surface area contributed by atoms with Crippen LogP contribution in [0.2, 0.25) is 0 Å². The lowest BCUT2D eigenvalue weighted by Gasteiger charge is -2.31. The monoisotopic (exact) mass is 533 g/mol. The van der Waals surface area contributed by atoms with Crippen LogP contribution in [0.5, 0.6) is 11.5 Å². The molecule has 0 saturated heterocycles. The van der Waals surface area contributed by atoms with E-state index in [0.717, 1.165) is 39.6 Å². The number of nitrogens with one attached hydrogen (secondary N) is 1. The number of carbonyl (C=O) groups excluding carboxylic acids is 1. The Hall–Kier alpha value is -4.98. The summed E-state index contributed by atoms with van der Waals surface area (Å²) < 4.78 is 15.0. The van der Waals surface area contributed by atoms with Crippen molar-refractivity contribution in [3.05, 3.63) is 119 Å². The third-order valence-corrected chi connectivity index (χ3v) is 7.31. The van der Waals surface area contributed by atoms with Gasteiger partial charge in [-0.1, -0.05) is 48.0 Å². The van der Waals surface area contributed by atoms with Gasteiger partial charge in [-0.05, 0) is 43.7 Å². The van der Waals surface area contributed by atoms with Crippen LogP contribution in [0.3, 0.4) is 0 Å². The van der Waals surface area contributed by atoms with Gasteiger partial charge in [0.2, 0.25) is 0 Å². The summed E-state index contributed by atoms with van der Waals surface area (Å²) in [4.78, 5) is 16.1. The largest absolute Gasteiger partial charge is 0.497 e. The second-order valence-electron chi connectivity index (χ2n) is 9.91. The summed E-state index contributed by atoms with van der Waals surface area (Å²) in [5.74, 6) is 2.12. The Morgan fingerprint density at radius 3 is 2.35 bits per heavy atom. The Kier molecular flexibility index (Phi) is 6.51. The van der Waals surface area contributed by atoms with Crippen LogP contribution < -0.4 is 14.8 Å². The van der Waals surface area contributed by atoms with Crippen LogP contribution in [-0.2, 0) is 6.54 Å². The summed E-state index contributed by atoms with van der Waals surface area (Å²) in [5, 5.41) is 8.03. The summed E-state index contributed by atoms with van der Waals surface area (Å²) in [7, 11) is 3.18. The van der Waals surface area contributed by atoms with E-state index >= 15 is 0 Å². The van der Waals surface area contributed by atoms with Crippen molar-refractivity contribution in [2.45, 2.75) is 26.4 Å². The molecule has 1 atom stereocenters. The van der Waals surface area contributed by atoms with E-state index in [4.69, 9.17) is 14.6 Å². The molecule has 3 heterocycles. The third-order valence-electron chi connectivity index (χ3n) is 7.31. The highest BCUT2D eigenvalue weighted by molar-refractivity contribution is 5.90. The van der Waals surface area contributed by atoms with Crippen molar-refractivity contribution in [2.24, 2.45) is 0 Å². The molecule has 2 amide bonds. The molecule has 40 heavy (non-hydrogen) atoms. The summed E-state index contributed by atoms with van der Waals surface area (Å²) in [6.07, 6.45) is 2.05. The van der Waals surface area contributed by atoms with Crippen molar-refractivity contribution < 1.29 is 14.3 Å². The Balaban J connectivity index is 1.51. The molecule has 1 N–H and O–H groups in total. The highest BCUT2D eigenvalue weighted by Crippen LogP contribution is 2.39. The van der Waals surface area contributed by atoms with Gasteiger partial charge in [0.25, 0.3) is 0 Å². The minimum atomic E-state index is -0.349. The molecule has 0 aliphatic carbocycles. The molecule has 8 nitrogen and oxygen atoms in total. The average Bonchev–Trinajstić information content (AvgIpc) is 3.53. The zero-order chi connectivity index (χ0) is 27.8. The fourth-order valence-corrected chi connectivity index (χ4v) is 5.42. The highest BCUT2D eigenvalue weighted by Gasteiger charge is 2.36. The molecule has 6 rings (SSSR count). The van der Waals surface area contributed by atoms with Gasteiger partial charge in [-0.15, -0.1) is 0 Å². The van der Waals surface area contributed by atoms with E-state index in [1.54, 1.807) is 32.4 Å². The van der Waals surface area contributed by atoms with E-state index in [1.165, 1.54) is 0 Å².